The fraction of sp³-hybridized carbons (Fsp3) is 0.312. The van der Waals surface area contributed by atoms with Crippen molar-refractivity contribution in [3.63, 3.8) is 0 Å². The summed E-state index contributed by atoms with van der Waals surface area (Å²) in [5.41, 5.74) is 1.46. The van der Waals surface area contributed by atoms with Gasteiger partial charge in [0.05, 0.1) is 12.4 Å². The van der Waals surface area contributed by atoms with Crippen molar-refractivity contribution in [1.82, 2.24) is 14.9 Å². The predicted molar refractivity (Wildman–Crippen MR) is 83.0 cm³/mol. The number of rotatable bonds is 5. The Balaban J connectivity index is 2.18. The van der Waals surface area contributed by atoms with Crippen LogP contribution in [-0.2, 0) is 6.54 Å². The van der Waals surface area contributed by atoms with Crippen molar-refractivity contribution in [2.45, 2.75) is 26.4 Å². The number of benzene rings is 1. The van der Waals surface area contributed by atoms with Crippen molar-refractivity contribution in [2.24, 2.45) is 0 Å². The molecule has 0 bridgehead atoms. The largest absolute Gasteiger partial charge is 0.372 e. The van der Waals surface area contributed by atoms with E-state index in [4.69, 9.17) is 0 Å². The first-order valence-electron chi connectivity index (χ1n) is 6.96. The maximum Gasteiger partial charge on any atom is 0.274 e. The Bertz CT molecular complexity index is 581. The second-order valence-electron chi connectivity index (χ2n) is 5.05. The van der Waals surface area contributed by atoms with E-state index in [0.717, 1.165) is 5.56 Å². The van der Waals surface area contributed by atoms with Crippen LogP contribution in [0.15, 0.2) is 42.7 Å². The number of nitrogens with zero attached hydrogens (tertiary/aromatic N) is 3. The maximum atomic E-state index is 12.6. The number of carbonyl (C=O) groups excluding carboxylic acids is 1. The molecule has 2 rings (SSSR count). The minimum Gasteiger partial charge on any atom is -0.372 e. The molecule has 1 aromatic carbocycles. The third kappa shape index (κ3) is 3.78. The molecule has 1 heterocycles. The zero-order valence-electron chi connectivity index (χ0n) is 12.6. The van der Waals surface area contributed by atoms with E-state index in [1.54, 1.807) is 18.1 Å². The molecular weight excluding hydrogens is 264 g/mol. The summed E-state index contributed by atoms with van der Waals surface area (Å²) in [6.07, 6.45) is 3.07. The molecule has 2 aromatic rings. The third-order valence-electron chi connectivity index (χ3n) is 3.21. The zero-order chi connectivity index (χ0) is 15.2. The van der Waals surface area contributed by atoms with Crippen molar-refractivity contribution in [3.05, 3.63) is 54.0 Å². The molecule has 0 atom stereocenters. The van der Waals surface area contributed by atoms with Gasteiger partial charge in [-0.3, -0.25) is 4.79 Å². The number of carbonyl (C=O) groups is 1. The molecular formula is C16H20N4O. The molecule has 0 spiro atoms. The summed E-state index contributed by atoms with van der Waals surface area (Å²) in [6, 6.07) is 10.0. The zero-order valence-corrected chi connectivity index (χ0v) is 12.6. The average Bonchev–Trinajstić information content (AvgIpc) is 2.53. The molecule has 0 aliphatic rings. The molecule has 0 radical (unpaired) electrons. The van der Waals surface area contributed by atoms with Crippen LogP contribution in [0.1, 0.15) is 29.9 Å². The maximum absolute atomic E-state index is 12.6. The molecule has 1 amide bonds. The van der Waals surface area contributed by atoms with E-state index < -0.39 is 0 Å². The quantitative estimate of drug-likeness (QED) is 0.916. The van der Waals surface area contributed by atoms with Crippen molar-refractivity contribution in [3.8, 4) is 0 Å². The van der Waals surface area contributed by atoms with E-state index in [1.165, 1.54) is 6.20 Å². The highest BCUT2D eigenvalue weighted by atomic mass is 16.2. The van der Waals surface area contributed by atoms with Gasteiger partial charge < -0.3 is 10.2 Å². The number of nitrogens with one attached hydrogen (secondary N) is 1. The van der Waals surface area contributed by atoms with Gasteiger partial charge in [-0.25, -0.2) is 9.97 Å². The van der Waals surface area contributed by atoms with Crippen molar-refractivity contribution >= 4 is 11.7 Å². The monoisotopic (exact) mass is 284 g/mol. The highest BCUT2D eigenvalue weighted by Crippen LogP contribution is 2.12. The van der Waals surface area contributed by atoms with Gasteiger partial charge in [0.2, 0.25) is 0 Å². The lowest BCUT2D eigenvalue weighted by atomic mass is 10.2. The molecule has 0 unspecified atom stereocenters. The van der Waals surface area contributed by atoms with E-state index in [0.29, 0.717) is 18.1 Å². The second-order valence-corrected chi connectivity index (χ2v) is 5.05. The molecule has 1 N–H and O–H groups in total. The minimum absolute atomic E-state index is 0.0866. The number of amides is 1. The van der Waals surface area contributed by atoms with Crippen LogP contribution in [0.5, 0.6) is 0 Å². The first-order valence-corrected chi connectivity index (χ1v) is 6.96. The topological polar surface area (TPSA) is 58.1 Å². The highest BCUT2D eigenvalue weighted by Gasteiger charge is 2.20. The standard InChI is InChI=1S/C16H20N4O/c1-12(2)20(11-13-7-5-4-6-8-13)16(21)14-9-19-15(17-3)10-18-14/h4-10,12H,11H2,1-3H3,(H,17,19). The molecule has 21 heavy (non-hydrogen) atoms. The minimum atomic E-state index is -0.107. The Morgan fingerprint density at radius 3 is 2.43 bits per heavy atom. The number of hydrogen-bond donors (Lipinski definition) is 1. The molecule has 0 aliphatic heterocycles. The van der Waals surface area contributed by atoms with Crippen LogP contribution in [0.4, 0.5) is 5.82 Å². The average molecular weight is 284 g/mol. The summed E-state index contributed by atoms with van der Waals surface area (Å²) in [5, 5.41) is 2.89. The number of aromatic nitrogens is 2. The van der Waals surface area contributed by atoms with Crippen LogP contribution in [0.2, 0.25) is 0 Å². The molecule has 5 heteroatoms. The van der Waals surface area contributed by atoms with Crippen LogP contribution >= 0.6 is 0 Å². The lowest BCUT2D eigenvalue weighted by Crippen LogP contribution is -2.36. The molecule has 5 nitrogen and oxygen atoms in total. The Hall–Kier alpha value is -2.43. The molecule has 110 valence electrons. The first kappa shape index (κ1) is 15.0. The molecule has 0 saturated heterocycles. The Morgan fingerprint density at radius 2 is 1.90 bits per heavy atom. The van der Waals surface area contributed by atoms with Crippen molar-refractivity contribution in [2.75, 3.05) is 12.4 Å². The predicted octanol–water partition coefficient (Wildman–Crippen LogP) is 2.57. The van der Waals surface area contributed by atoms with Gasteiger partial charge >= 0.3 is 0 Å². The van der Waals surface area contributed by atoms with Crippen LogP contribution < -0.4 is 5.32 Å². The van der Waals surface area contributed by atoms with E-state index in [2.05, 4.69) is 15.3 Å². The first-order chi connectivity index (χ1) is 10.1. The summed E-state index contributed by atoms with van der Waals surface area (Å²) < 4.78 is 0. The van der Waals surface area contributed by atoms with E-state index in [1.807, 2.05) is 44.2 Å². The van der Waals surface area contributed by atoms with Gasteiger partial charge in [0.25, 0.3) is 5.91 Å². The number of anilines is 1. The van der Waals surface area contributed by atoms with Crippen molar-refractivity contribution < 1.29 is 4.79 Å². The lowest BCUT2D eigenvalue weighted by Gasteiger charge is -2.26. The van der Waals surface area contributed by atoms with Gasteiger partial charge in [0.1, 0.15) is 11.5 Å². The Morgan fingerprint density at radius 1 is 1.19 bits per heavy atom. The summed E-state index contributed by atoms with van der Waals surface area (Å²) >= 11 is 0. The van der Waals surface area contributed by atoms with Gasteiger partial charge in [0.15, 0.2) is 0 Å². The summed E-state index contributed by atoms with van der Waals surface area (Å²) in [7, 11) is 1.77. The summed E-state index contributed by atoms with van der Waals surface area (Å²) in [6.45, 7) is 4.55. The highest BCUT2D eigenvalue weighted by molar-refractivity contribution is 5.92. The normalized spacial score (nSPS) is 10.5. The van der Waals surface area contributed by atoms with Gasteiger partial charge in [-0.2, -0.15) is 0 Å². The Labute approximate surface area is 125 Å². The van der Waals surface area contributed by atoms with E-state index in [9.17, 15) is 4.79 Å². The van der Waals surface area contributed by atoms with Crippen LogP contribution in [0, 0.1) is 0 Å². The molecule has 0 fully saturated rings. The van der Waals surface area contributed by atoms with Crippen LogP contribution in [0.3, 0.4) is 0 Å². The van der Waals surface area contributed by atoms with Crippen molar-refractivity contribution in [1.29, 1.82) is 0 Å². The number of hydrogen-bond acceptors (Lipinski definition) is 4. The molecule has 1 aromatic heterocycles. The van der Waals surface area contributed by atoms with E-state index >= 15 is 0 Å². The fourth-order valence-electron chi connectivity index (χ4n) is 1.98. The Kier molecular flexibility index (Phi) is 4.87. The third-order valence-corrected chi connectivity index (χ3v) is 3.21. The lowest BCUT2D eigenvalue weighted by molar-refractivity contribution is 0.0684. The molecule has 0 saturated carbocycles. The van der Waals surface area contributed by atoms with Gasteiger partial charge in [-0.1, -0.05) is 30.3 Å². The van der Waals surface area contributed by atoms with Gasteiger partial charge in [-0.05, 0) is 19.4 Å². The second kappa shape index (κ2) is 6.83. The van der Waals surface area contributed by atoms with Gasteiger partial charge in [0, 0.05) is 19.6 Å². The molecule has 0 aliphatic carbocycles. The van der Waals surface area contributed by atoms with Crippen LogP contribution in [-0.4, -0.2) is 33.9 Å². The SMILES string of the molecule is CNc1cnc(C(=O)N(Cc2ccccc2)C(C)C)cn1. The van der Waals surface area contributed by atoms with Crippen LogP contribution in [0.25, 0.3) is 0 Å². The van der Waals surface area contributed by atoms with E-state index in [-0.39, 0.29) is 11.9 Å². The summed E-state index contributed by atoms with van der Waals surface area (Å²) in [4.78, 5) is 22.7. The smallest absolute Gasteiger partial charge is 0.274 e. The summed E-state index contributed by atoms with van der Waals surface area (Å²) in [5.74, 6) is 0.537. The fourth-order valence-corrected chi connectivity index (χ4v) is 1.98. The van der Waals surface area contributed by atoms with Gasteiger partial charge in [-0.15, -0.1) is 0 Å².